The standard InChI is InChI=1S/C17H40O5Si5/c1-13-16(18)19-17(2,23(3)20-25(4,5)6)14-15-24(21-26(7,8)9)22-27(10,11)12/h13H,1,14-15H2,2-12H3. The third-order valence-corrected chi connectivity index (χ3v) is 16.2. The summed E-state index contributed by atoms with van der Waals surface area (Å²) in [5.74, 6) is -0.396. The lowest BCUT2D eigenvalue weighted by molar-refractivity contribution is -0.146. The van der Waals surface area contributed by atoms with Gasteiger partial charge in [0.25, 0.3) is 0 Å². The molecule has 0 heterocycles. The quantitative estimate of drug-likeness (QED) is 0.229. The highest BCUT2D eigenvalue weighted by Gasteiger charge is 2.42. The molecule has 0 aliphatic carbocycles. The van der Waals surface area contributed by atoms with Gasteiger partial charge in [0, 0.05) is 6.08 Å². The van der Waals surface area contributed by atoms with Crippen LogP contribution in [0.5, 0.6) is 0 Å². The number of rotatable bonds is 12. The molecule has 0 aliphatic heterocycles. The molecule has 0 bridgehead atoms. The number of carbonyl (C=O) groups is 1. The highest BCUT2D eigenvalue weighted by atomic mass is 28.4. The van der Waals surface area contributed by atoms with E-state index in [2.05, 4.69) is 72.0 Å². The average molecular weight is 465 g/mol. The van der Waals surface area contributed by atoms with Gasteiger partial charge in [-0.2, -0.15) is 0 Å². The minimum atomic E-state index is -1.74. The first kappa shape index (κ1) is 27.2. The van der Waals surface area contributed by atoms with Crippen molar-refractivity contribution in [3.05, 3.63) is 12.7 Å². The van der Waals surface area contributed by atoms with Crippen LogP contribution in [0.2, 0.25) is 71.5 Å². The molecule has 10 heteroatoms. The largest absolute Gasteiger partial charge is 0.457 e. The predicted octanol–water partition coefficient (Wildman–Crippen LogP) is 5.07. The van der Waals surface area contributed by atoms with Crippen LogP contribution in [0, 0.1) is 0 Å². The topological polar surface area (TPSA) is 54.0 Å². The molecule has 2 radical (unpaired) electrons. The van der Waals surface area contributed by atoms with Gasteiger partial charge in [-0.1, -0.05) is 6.58 Å². The van der Waals surface area contributed by atoms with Crippen molar-refractivity contribution in [1.82, 2.24) is 0 Å². The van der Waals surface area contributed by atoms with Gasteiger partial charge in [0.05, 0.1) is 0 Å². The van der Waals surface area contributed by atoms with Crippen molar-refractivity contribution in [2.45, 2.75) is 90.1 Å². The molecule has 1 atom stereocenters. The SMILES string of the molecule is C=CC(=O)OC(C)(CC[Si](O[Si](C)(C)C)O[Si](C)(C)C)[Si](C)O[Si](C)(C)C. The second kappa shape index (κ2) is 10.3. The van der Waals surface area contributed by atoms with Gasteiger partial charge in [-0.05, 0) is 84.9 Å². The van der Waals surface area contributed by atoms with Crippen molar-refractivity contribution in [3.8, 4) is 0 Å². The molecule has 0 aromatic carbocycles. The van der Waals surface area contributed by atoms with Crippen LogP contribution in [-0.4, -0.2) is 54.5 Å². The van der Waals surface area contributed by atoms with Gasteiger partial charge < -0.3 is 17.1 Å². The van der Waals surface area contributed by atoms with Gasteiger partial charge in [0.1, 0.15) is 5.22 Å². The van der Waals surface area contributed by atoms with Gasteiger partial charge in [-0.15, -0.1) is 0 Å². The van der Waals surface area contributed by atoms with Gasteiger partial charge in [0.15, 0.2) is 25.0 Å². The summed E-state index contributed by atoms with van der Waals surface area (Å²) in [6, 6.07) is 0.775. The Labute approximate surface area is 173 Å². The van der Waals surface area contributed by atoms with Crippen LogP contribution in [0.15, 0.2) is 12.7 Å². The molecule has 158 valence electrons. The monoisotopic (exact) mass is 464 g/mol. The Morgan fingerprint density at radius 2 is 1.33 bits per heavy atom. The Morgan fingerprint density at radius 3 is 1.67 bits per heavy atom. The molecule has 0 saturated heterocycles. The number of ether oxygens (including phenoxy) is 1. The summed E-state index contributed by atoms with van der Waals surface area (Å²) in [5.41, 5.74) is 0. The predicted molar refractivity (Wildman–Crippen MR) is 125 cm³/mol. The Kier molecular flexibility index (Phi) is 10.3. The van der Waals surface area contributed by atoms with E-state index in [1.807, 2.05) is 6.92 Å². The maximum absolute atomic E-state index is 12.0. The first-order valence-electron chi connectivity index (χ1n) is 9.49. The Morgan fingerprint density at radius 1 is 0.926 bits per heavy atom. The number of hydrogen-bond donors (Lipinski definition) is 0. The van der Waals surface area contributed by atoms with Crippen LogP contribution in [-0.2, 0) is 21.9 Å². The maximum atomic E-state index is 12.0. The fourth-order valence-electron chi connectivity index (χ4n) is 2.28. The molecule has 0 amide bonds. The molecule has 0 spiro atoms. The molecule has 0 fully saturated rings. The highest BCUT2D eigenvalue weighted by molar-refractivity contribution is 6.81. The highest BCUT2D eigenvalue weighted by Crippen LogP contribution is 2.28. The van der Waals surface area contributed by atoms with E-state index < -0.39 is 54.5 Å². The van der Waals surface area contributed by atoms with Crippen LogP contribution < -0.4 is 0 Å². The van der Waals surface area contributed by atoms with Crippen molar-refractivity contribution in [2.75, 3.05) is 0 Å². The summed E-state index contributed by atoms with van der Waals surface area (Å²) >= 11 is 0. The summed E-state index contributed by atoms with van der Waals surface area (Å²) in [6.45, 7) is 27.2. The van der Waals surface area contributed by atoms with Gasteiger partial charge in [0.2, 0.25) is 9.04 Å². The lowest BCUT2D eigenvalue weighted by Gasteiger charge is -2.38. The number of carbonyl (C=O) groups excluding carboxylic acids is 1. The third-order valence-electron chi connectivity index (χ3n) is 3.34. The number of hydrogen-bond acceptors (Lipinski definition) is 5. The summed E-state index contributed by atoms with van der Waals surface area (Å²) in [7, 11) is -7.98. The molecule has 0 aliphatic rings. The molecular weight excluding hydrogens is 425 g/mol. The van der Waals surface area contributed by atoms with E-state index in [9.17, 15) is 4.79 Å². The second-order valence-electron chi connectivity index (χ2n) is 9.93. The average Bonchev–Trinajstić information content (AvgIpc) is 2.39. The fourth-order valence-corrected chi connectivity index (χ4v) is 15.3. The van der Waals surface area contributed by atoms with Crippen molar-refractivity contribution < 1.29 is 21.9 Å². The summed E-state index contributed by atoms with van der Waals surface area (Å²) in [4.78, 5) is 12.0. The Hall–Kier alpha value is 0.174. The fraction of sp³-hybridized carbons (Fsp3) is 0.824. The van der Waals surface area contributed by atoms with E-state index in [0.29, 0.717) is 6.42 Å². The smallest absolute Gasteiger partial charge is 0.362 e. The summed E-state index contributed by atoms with van der Waals surface area (Å²) < 4.78 is 25.0. The van der Waals surface area contributed by atoms with Crippen LogP contribution in [0.3, 0.4) is 0 Å². The molecule has 27 heavy (non-hydrogen) atoms. The van der Waals surface area contributed by atoms with E-state index >= 15 is 0 Å². The molecule has 0 saturated carbocycles. The Balaban J connectivity index is 5.41. The van der Waals surface area contributed by atoms with Gasteiger partial charge in [-0.25, -0.2) is 4.79 Å². The molecule has 0 aromatic rings. The maximum Gasteiger partial charge on any atom is 0.362 e. The van der Waals surface area contributed by atoms with Crippen molar-refractivity contribution in [3.63, 3.8) is 0 Å². The number of esters is 1. The molecule has 1 unspecified atom stereocenters. The van der Waals surface area contributed by atoms with E-state index in [1.54, 1.807) is 0 Å². The van der Waals surface area contributed by atoms with E-state index in [1.165, 1.54) is 6.08 Å². The lowest BCUT2D eigenvalue weighted by atomic mass is 10.3. The summed E-state index contributed by atoms with van der Waals surface area (Å²) in [6.07, 6.45) is 1.91. The first-order valence-corrected chi connectivity index (χ1v) is 23.1. The molecule has 0 rings (SSSR count). The van der Waals surface area contributed by atoms with E-state index in [-0.39, 0.29) is 0 Å². The Bertz CT molecular complexity index is 479. The molecular formula is C17H40O5Si5. The van der Waals surface area contributed by atoms with E-state index in [0.717, 1.165) is 6.04 Å². The molecule has 5 nitrogen and oxygen atoms in total. The first-order chi connectivity index (χ1) is 11.9. The van der Waals surface area contributed by atoms with Crippen LogP contribution in [0.1, 0.15) is 13.3 Å². The van der Waals surface area contributed by atoms with Crippen molar-refractivity contribution in [2.24, 2.45) is 0 Å². The third kappa shape index (κ3) is 13.1. The molecule has 0 N–H and O–H groups in total. The zero-order valence-corrected chi connectivity index (χ0v) is 24.2. The second-order valence-corrected chi connectivity index (χ2v) is 28.5. The normalized spacial score (nSPS) is 15.7. The zero-order valence-electron chi connectivity index (χ0n) is 19.2. The van der Waals surface area contributed by atoms with E-state index in [4.69, 9.17) is 17.1 Å². The van der Waals surface area contributed by atoms with Crippen LogP contribution >= 0.6 is 0 Å². The van der Waals surface area contributed by atoms with Crippen LogP contribution in [0.4, 0.5) is 0 Å². The minimum absolute atomic E-state index is 0.396. The summed E-state index contributed by atoms with van der Waals surface area (Å²) in [5, 5.41) is -0.641. The van der Waals surface area contributed by atoms with Gasteiger partial charge >= 0.3 is 15.3 Å². The molecule has 0 aromatic heterocycles. The van der Waals surface area contributed by atoms with Crippen LogP contribution in [0.25, 0.3) is 0 Å². The minimum Gasteiger partial charge on any atom is -0.457 e. The van der Waals surface area contributed by atoms with Crippen molar-refractivity contribution in [1.29, 1.82) is 0 Å². The lowest BCUT2D eigenvalue weighted by Crippen LogP contribution is -2.52. The van der Waals surface area contributed by atoms with Gasteiger partial charge in [-0.3, -0.25) is 0 Å². The van der Waals surface area contributed by atoms with Crippen molar-refractivity contribution >= 4 is 49.2 Å². The zero-order chi connectivity index (χ0) is 21.7.